The van der Waals surface area contributed by atoms with Crippen LogP contribution in [0.25, 0.3) is 0 Å². The molecule has 0 aromatic rings. The van der Waals surface area contributed by atoms with Crippen LogP contribution in [0, 0.1) is 5.92 Å². The van der Waals surface area contributed by atoms with Crippen molar-refractivity contribution in [3.8, 4) is 0 Å². The van der Waals surface area contributed by atoms with Crippen molar-refractivity contribution in [2.45, 2.75) is 45.1 Å². The first-order valence-corrected chi connectivity index (χ1v) is 6.90. The zero-order chi connectivity index (χ0) is 13.2. The SMILES string of the molecule is CC(C)CCCN1C(=O)NC2(CCCNC2)C1=O. The largest absolute Gasteiger partial charge is 0.325 e. The number of carbonyl (C=O) groups excluding carboxylic acids is 2. The van der Waals surface area contributed by atoms with Crippen LogP contribution in [-0.2, 0) is 4.79 Å². The molecule has 0 aromatic heterocycles. The summed E-state index contributed by atoms with van der Waals surface area (Å²) in [6.07, 6.45) is 3.62. The van der Waals surface area contributed by atoms with E-state index in [-0.39, 0.29) is 11.9 Å². The number of rotatable bonds is 4. The van der Waals surface area contributed by atoms with E-state index in [9.17, 15) is 9.59 Å². The van der Waals surface area contributed by atoms with E-state index in [4.69, 9.17) is 0 Å². The maximum Gasteiger partial charge on any atom is 0.325 e. The summed E-state index contributed by atoms with van der Waals surface area (Å²) in [5.41, 5.74) is -0.660. The Bertz CT molecular complexity index is 335. The maximum absolute atomic E-state index is 12.4. The van der Waals surface area contributed by atoms with Gasteiger partial charge < -0.3 is 10.6 Å². The number of nitrogens with one attached hydrogen (secondary N) is 2. The number of amides is 3. The van der Waals surface area contributed by atoms with Crippen LogP contribution in [0.2, 0.25) is 0 Å². The summed E-state index contributed by atoms with van der Waals surface area (Å²) in [5, 5.41) is 6.08. The minimum atomic E-state index is -0.660. The molecule has 0 saturated carbocycles. The lowest BCUT2D eigenvalue weighted by molar-refractivity contribution is -0.131. The molecule has 0 radical (unpaired) electrons. The normalized spacial score (nSPS) is 28.3. The fraction of sp³-hybridized carbons (Fsp3) is 0.846. The molecule has 5 nitrogen and oxygen atoms in total. The third kappa shape index (κ3) is 2.51. The van der Waals surface area contributed by atoms with Gasteiger partial charge >= 0.3 is 6.03 Å². The highest BCUT2D eigenvalue weighted by atomic mass is 16.2. The van der Waals surface area contributed by atoms with Crippen LogP contribution in [0.5, 0.6) is 0 Å². The van der Waals surface area contributed by atoms with Crippen molar-refractivity contribution in [3.63, 3.8) is 0 Å². The zero-order valence-corrected chi connectivity index (χ0v) is 11.3. The monoisotopic (exact) mass is 253 g/mol. The van der Waals surface area contributed by atoms with Crippen molar-refractivity contribution >= 4 is 11.9 Å². The van der Waals surface area contributed by atoms with Gasteiger partial charge in [0.25, 0.3) is 5.91 Å². The Morgan fingerprint density at radius 1 is 1.39 bits per heavy atom. The number of hydrogen-bond acceptors (Lipinski definition) is 3. The molecule has 0 aliphatic carbocycles. The second-order valence-electron chi connectivity index (χ2n) is 5.79. The molecular formula is C13H23N3O2. The van der Waals surface area contributed by atoms with E-state index in [0.29, 0.717) is 19.0 Å². The highest BCUT2D eigenvalue weighted by molar-refractivity contribution is 6.07. The number of hydrogen-bond donors (Lipinski definition) is 2. The summed E-state index contributed by atoms with van der Waals surface area (Å²) >= 11 is 0. The minimum absolute atomic E-state index is 0.0385. The molecule has 2 N–H and O–H groups in total. The fourth-order valence-electron chi connectivity index (χ4n) is 2.73. The highest BCUT2D eigenvalue weighted by Crippen LogP contribution is 2.25. The average Bonchev–Trinajstić information content (AvgIpc) is 2.54. The van der Waals surface area contributed by atoms with Crippen molar-refractivity contribution in [1.29, 1.82) is 0 Å². The molecule has 1 unspecified atom stereocenters. The highest BCUT2D eigenvalue weighted by Gasteiger charge is 2.51. The van der Waals surface area contributed by atoms with Crippen LogP contribution < -0.4 is 10.6 Å². The Kier molecular flexibility index (Phi) is 3.90. The first-order chi connectivity index (χ1) is 8.55. The Balaban J connectivity index is 1.96. The molecule has 0 bridgehead atoms. The van der Waals surface area contributed by atoms with Crippen molar-refractivity contribution in [1.82, 2.24) is 15.5 Å². The van der Waals surface area contributed by atoms with Crippen LogP contribution in [0.3, 0.4) is 0 Å². The summed E-state index contributed by atoms with van der Waals surface area (Å²) in [7, 11) is 0. The third-order valence-corrected chi connectivity index (χ3v) is 3.79. The van der Waals surface area contributed by atoms with Gasteiger partial charge in [0.05, 0.1) is 0 Å². The van der Waals surface area contributed by atoms with Gasteiger partial charge in [0.2, 0.25) is 0 Å². The lowest BCUT2D eigenvalue weighted by Crippen LogP contribution is -2.57. The van der Waals surface area contributed by atoms with Crippen LogP contribution >= 0.6 is 0 Å². The summed E-state index contributed by atoms with van der Waals surface area (Å²) in [4.78, 5) is 25.7. The van der Waals surface area contributed by atoms with E-state index in [1.165, 1.54) is 4.90 Å². The van der Waals surface area contributed by atoms with Gasteiger partial charge in [0, 0.05) is 13.1 Å². The van der Waals surface area contributed by atoms with Gasteiger partial charge in [-0.2, -0.15) is 0 Å². The Labute approximate surface area is 108 Å². The number of imide groups is 1. The van der Waals surface area contributed by atoms with E-state index < -0.39 is 5.54 Å². The summed E-state index contributed by atoms with van der Waals surface area (Å²) in [6.45, 7) is 6.35. The molecule has 2 aliphatic heterocycles. The Morgan fingerprint density at radius 3 is 2.78 bits per heavy atom. The molecule has 2 rings (SSSR count). The summed E-state index contributed by atoms with van der Waals surface area (Å²) in [6, 6.07) is -0.215. The molecule has 3 amide bonds. The molecule has 2 aliphatic rings. The van der Waals surface area contributed by atoms with Gasteiger partial charge in [0.15, 0.2) is 0 Å². The molecule has 0 aromatic carbocycles. The smallest absolute Gasteiger partial charge is 0.322 e. The molecule has 1 spiro atoms. The van der Waals surface area contributed by atoms with Crippen molar-refractivity contribution in [2.24, 2.45) is 5.92 Å². The van der Waals surface area contributed by atoms with Gasteiger partial charge in [-0.1, -0.05) is 13.8 Å². The molecule has 5 heteroatoms. The van der Waals surface area contributed by atoms with Crippen molar-refractivity contribution in [3.05, 3.63) is 0 Å². The quantitative estimate of drug-likeness (QED) is 0.737. The van der Waals surface area contributed by atoms with Crippen molar-refractivity contribution in [2.75, 3.05) is 19.6 Å². The van der Waals surface area contributed by atoms with Crippen LogP contribution in [-0.4, -0.2) is 42.0 Å². The average molecular weight is 253 g/mol. The first kappa shape index (κ1) is 13.3. The predicted octanol–water partition coefficient (Wildman–Crippen LogP) is 1.10. The molecule has 2 fully saturated rings. The van der Waals surface area contributed by atoms with E-state index >= 15 is 0 Å². The Morgan fingerprint density at radius 2 is 2.17 bits per heavy atom. The predicted molar refractivity (Wildman–Crippen MR) is 69.2 cm³/mol. The van der Waals surface area contributed by atoms with E-state index in [1.807, 2.05) is 0 Å². The third-order valence-electron chi connectivity index (χ3n) is 3.79. The van der Waals surface area contributed by atoms with Gasteiger partial charge in [-0.25, -0.2) is 4.79 Å². The van der Waals surface area contributed by atoms with E-state index in [1.54, 1.807) is 0 Å². The molecule has 1 atom stereocenters. The summed E-state index contributed by atoms with van der Waals surface area (Å²) in [5.74, 6) is 0.569. The van der Waals surface area contributed by atoms with Gasteiger partial charge in [-0.05, 0) is 38.1 Å². The second kappa shape index (κ2) is 5.26. The lowest BCUT2D eigenvalue weighted by Gasteiger charge is -2.31. The second-order valence-corrected chi connectivity index (χ2v) is 5.79. The first-order valence-electron chi connectivity index (χ1n) is 6.90. The van der Waals surface area contributed by atoms with Gasteiger partial charge in [0.1, 0.15) is 5.54 Å². The number of urea groups is 1. The van der Waals surface area contributed by atoms with E-state index in [2.05, 4.69) is 24.5 Å². The molecular weight excluding hydrogens is 230 g/mol. The van der Waals surface area contributed by atoms with Crippen LogP contribution in [0.15, 0.2) is 0 Å². The molecule has 2 heterocycles. The molecule has 102 valence electrons. The molecule has 2 saturated heterocycles. The topological polar surface area (TPSA) is 61.4 Å². The van der Waals surface area contributed by atoms with Crippen LogP contribution in [0.4, 0.5) is 4.79 Å². The number of piperidine rings is 1. The number of carbonyl (C=O) groups is 2. The van der Waals surface area contributed by atoms with Gasteiger partial charge in [-0.15, -0.1) is 0 Å². The van der Waals surface area contributed by atoms with E-state index in [0.717, 1.165) is 32.2 Å². The standard InChI is InChI=1S/C13H23N3O2/c1-10(2)5-3-8-16-11(17)13(15-12(16)18)6-4-7-14-9-13/h10,14H,3-9H2,1-2H3,(H,15,18). The zero-order valence-electron chi connectivity index (χ0n) is 11.3. The van der Waals surface area contributed by atoms with Crippen molar-refractivity contribution < 1.29 is 9.59 Å². The minimum Gasteiger partial charge on any atom is -0.322 e. The summed E-state index contributed by atoms with van der Waals surface area (Å²) < 4.78 is 0. The lowest BCUT2D eigenvalue weighted by atomic mass is 9.90. The Hall–Kier alpha value is -1.10. The molecule has 18 heavy (non-hydrogen) atoms. The van der Waals surface area contributed by atoms with Crippen LogP contribution in [0.1, 0.15) is 39.5 Å². The maximum atomic E-state index is 12.4. The van der Waals surface area contributed by atoms with Gasteiger partial charge in [-0.3, -0.25) is 9.69 Å². The fourth-order valence-corrected chi connectivity index (χ4v) is 2.73. The number of nitrogens with zero attached hydrogens (tertiary/aromatic N) is 1.